The smallest absolute Gasteiger partial charge is 0.339 e. The second-order valence-electron chi connectivity index (χ2n) is 7.70. The molecular formula is C24H29N5O5. The van der Waals surface area contributed by atoms with Crippen LogP contribution in [0, 0.1) is 5.41 Å². The first kappa shape index (κ1) is 24.6. The molecule has 5 N–H and O–H groups in total. The summed E-state index contributed by atoms with van der Waals surface area (Å²) in [7, 11) is 0. The Kier molecular flexibility index (Phi) is 8.44. The van der Waals surface area contributed by atoms with Gasteiger partial charge in [-0.25, -0.2) is 4.79 Å². The van der Waals surface area contributed by atoms with E-state index >= 15 is 0 Å². The zero-order chi connectivity index (χ0) is 24.5. The molecule has 0 aliphatic carbocycles. The summed E-state index contributed by atoms with van der Waals surface area (Å²) in [6, 6.07) is 11.1. The predicted octanol–water partition coefficient (Wildman–Crippen LogP) is 2.33. The number of benzene rings is 2. The SMILES string of the molecule is C/C=N/N1CCC(Oc2ccc(C(=O)NCCOc3cc(C(=N)N)ccc3C(=O)O)cc2)CC1. The van der Waals surface area contributed by atoms with Crippen molar-refractivity contribution < 1.29 is 24.2 Å². The first-order valence-corrected chi connectivity index (χ1v) is 11.0. The number of carbonyl (C=O) groups is 2. The van der Waals surface area contributed by atoms with Crippen LogP contribution in [-0.4, -0.2) is 66.4 Å². The summed E-state index contributed by atoms with van der Waals surface area (Å²) in [6.07, 6.45) is 3.69. The molecule has 0 saturated carbocycles. The Balaban J connectivity index is 1.46. The maximum Gasteiger partial charge on any atom is 0.339 e. The van der Waals surface area contributed by atoms with Crippen LogP contribution in [0.1, 0.15) is 46.0 Å². The number of piperidine rings is 1. The number of amides is 1. The molecule has 1 aliphatic heterocycles. The summed E-state index contributed by atoms with van der Waals surface area (Å²) in [5.41, 5.74) is 6.24. The van der Waals surface area contributed by atoms with E-state index in [-0.39, 0.29) is 42.3 Å². The molecule has 2 aromatic carbocycles. The van der Waals surface area contributed by atoms with Crippen LogP contribution in [0.4, 0.5) is 0 Å². The normalized spacial score (nSPS) is 14.1. The lowest BCUT2D eigenvalue weighted by molar-refractivity contribution is 0.0691. The number of hydrogen-bond donors (Lipinski definition) is 4. The summed E-state index contributed by atoms with van der Waals surface area (Å²) >= 11 is 0. The highest BCUT2D eigenvalue weighted by Crippen LogP contribution is 2.21. The van der Waals surface area contributed by atoms with Crippen molar-refractivity contribution in [2.45, 2.75) is 25.9 Å². The molecule has 1 heterocycles. The van der Waals surface area contributed by atoms with Crippen LogP contribution in [0.3, 0.4) is 0 Å². The van der Waals surface area contributed by atoms with Gasteiger partial charge in [-0.3, -0.25) is 15.2 Å². The molecule has 1 fully saturated rings. The zero-order valence-electron chi connectivity index (χ0n) is 19.0. The Hall–Kier alpha value is -4.08. The van der Waals surface area contributed by atoms with E-state index in [1.54, 1.807) is 30.5 Å². The number of nitrogens with two attached hydrogens (primary N) is 1. The Morgan fingerprint density at radius 3 is 2.50 bits per heavy atom. The van der Waals surface area contributed by atoms with Crippen molar-refractivity contribution in [2.75, 3.05) is 26.2 Å². The molecule has 180 valence electrons. The molecule has 2 aromatic rings. The van der Waals surface area contributed by atoms with E-state index in [9.17, 15) is 14.7 Å². The standard InChI is InChI=1S/C24H29N5O5/c1-2-28-29-12-9-19(10-13-29)34-18-6-3-16(4-7-18)23(30)27-11-14-33-21-15-17(22(25)26)5-8-20(21)24(31)32/h2-8,15,19H,9-14H2,1H3,(H3,25,26)(H,27,30)(H,31,32)/b28-2+. The highest BCUT2D eigenvalue weighted by atomic mass is 16.5. The number of rotatable bonds is 10. The average molecular weight is 468 g/mol. The summed E-state index contributed by atoms with van der Waals surface area (Å²) in [5.74, 6) is -0.834. The number of ether oxygens (including phenoxy) is 2. The highest BCUT2D eigenvalue weighted by molar-refractivity contribution is 5.98. The number of hydrogen-bond acceptors (Lipinski definition) is 7. The second-order valence-corrected chi connectivity index (χ2v) is 7.70. The monoisotopic (exact) mass is 467 g/mol. The van der Waals surface area contributed by atoms with E-state index in [2.05, 4.69) is 10.4 Å². The number of carbonyl (C=O) groups excluding carboxylic acids is 1. The Bertz CT molecular complexity index is 1050. The molecule has 0 unspecified atom stereocenters. The maximum atomic E-state index is 12.4. The first-order valence-electron chi connectivity index (χ1n) is 11.0. The molecular weight excluding hydrogens is 438 g/mol. The third-order valence-electron chi connectivity index (χ3n) is 5.28. The molecule has 1 aliphatic rings. The number of carboxylic acids is 1. The summed E-state index contributed by atoms with van der Waals surface area (Å²) in [6.45, 7) is 3.82. The van der Waals surface area contributed by atoms with Gasteiger partial charge in [0, 0.05) is 43.3 Å². The van der Waals surface area contributed by atoms with E-state index in [4.69, 9.17) is 20.6 Å². The summed E-state index contributed by atoms with van der Waals surface area (Å²) in [4.78, 5) is 23.8. The van der Waals surface area contributed by atoms with Gasteiger partial charge in [0.2, 0.25) is 0 Å². The molecule has 1 saturated heterocycles. The highest BCUT2D eigenvalue weighted by Gasteiger charge is 2.19. The van der Waals surface area contributed by atoms with Gasteiger partial charge in [-0.2, -0.15) is 5.10 Å². The number of hydrazone groups is 1. The fraction of sp³-hybridized carbons (Fsp3) is 0.333. The third-order valence-corrected chi connectivity index (χ3v) is 5.28. The average Bonchev–Trinajstić information content (AvgIpc) is 2.83. The Labute approximate surface area is 197 Å². The Morgan fingerprint density at radius 1 is 1.21 bits per heavy atom. The minimum absolute atomic E-state index is 0.0457. The number of nitrogens with one attached hydrogen (secondary N) is 2. The molecule has 0 atom stereocenters. The summed E-state index contributed by atoms with van der Waals surface area (Å²) in [5, 5.41) is 25.8. The van der Waals surface area contributed by atoms with Crippen molar-refractivity contribution >= 4 is 23.9 Å². The van der Waals surface area contributed by atoms with Crippen molar-refractivity contribution in [2.24, 2.45) is 10.8 Å². The van der Waals surface area contributed by atoms with E-state index in [1.807, 2.05) is 11.9 Å². The van der Waals surface area contributed by atoms with Crippen LogP contribution in [-0.2, 0) is 0 Å². The van der Waals surface area contributed by atoms with E-state index in [0.29, 0.717) is 16.9 Å². The topological polar surface area (TPSA) is 150 Å². The molecule has 0 radical (unpaired) electrons. The van der Waals surface area contributed by atoms with Crippen LogP contribution in [0.5, 0.6) is 11.5 Å². The molecule has 3 rings (SSSR count). The number of nitrogens with zero attached hydrogens (tertiary/aromatic N) is 2. The molecule has 0 aromatic heterocycles. The fourth-order valence-corrected chi connectivity index (χ4v) is 3.53. The first-order chi connectivity index (χ1) is 16.4. The van der Waals surface area contributed by atoms with Crippen LogP contribution >= 0.6 is 0 Å². The predicted molar refractivity (Wildman–Crippen MR) is 128 cm³/mol. The van der Waals surface area contributed by atoms with Gasteiger partial charge in [0.1, 0.15) is 35.6 Å². The van der Waals surface area contributed by atoms with Crippen molar-refractivity contribution in [1.82, 2.24) is 10.3 Å². The van der Waals surface area contributed by atoms with Crippen LogP contribution in [0.15, 0.2) is 47.6 Å². The number of nitrogen functional groups attached to an aromatic ring is 1. The molecule has 10 nitrogen and oxygen atoms in total. The second kappa shape index (κ2) is 11.7. The van der Waals surface area contributed by atoms with Crippen molar-refractivity contribution in [1.29, 1.82) is 5.41 Å². The zero-order valence-corrected chi connectivity index (χ0v) is 19.0. The van der Waals surface area contributed by atoms with Crippen molar-refractivity contribution in [3.63, 3.8) is 0 Å². The minimum atomic E-state index is -1.16. The summed E-state index contributed by atoms with van der Waals surface area (Å²) < 4.78 is 11.5. The molecule has 0 spiro atoms. The maximum absolute atomic E-state index is 12.4. The van der Waals surface area contributed by atoms with Crippen molar-refractivity contribution in [3.05, 3.63) is 59.2 Å². The molecule has 0 bridgehead atoms. The lowest BCUT2D eigenvalue weighted by Gasteiger charge is -2.30. The lowest BCUT2D eigenvalue weighted by atomic mass is 10.1. The van der Waals surface area contributed by atoms with Gasteiger partial charge in [0.15, 0.2) is 0 Å². The number of aromatic carboxylic acids is 1. The molecule has 10 heteroatoms. The Morgan fingerprint density at radius 2 is 1.88 bits per heavy atom. The van der Waals surface area contributed by atoms with Gasteiger partial charge in [-0.05, 0) is 43.3 Å². The molecule has 1 amide bonds. The fourth-order valence-electron chi connectivity index (χ4n) is 3.53. The van der Waals surface area contributed by atoms with Gasteiger partial charge in [-0.15, -0.1) is 0 Å². The third kappa shape index (κ3) is 6.71. The van der Waals surface area contributed by atoms with Crippen LogP contribution in [0.25, 0.3) is 0 Å². The van der Waals surface area contributed by atoms with E-state index in [1.165, 1.54) is 18.2 Å². The van der Waals surface area contributed by atoms with Gasteiger partial charge in [0.05, 0.1) is 6.54 Å². The van der Waals surface area contributed by atoms with Crippen molar-refractivity contribution in [3.8, 4) is 11.5 Å². The van der Waals surface area contributed by atoms with Crippen LogP contribution < -0.4 is 20.5 Å². The van der Waals surface area contributed by atoms with Gasteiger partial charge < -0.3 is 25.6 Å². The van der Waals surface area contributed by atoms with E-state index in [0.717, 1.165) is 25.9 Å². The van der Waals surface area contributed by atoms with Gasteiger partial charge in [-0.1, -0.05) is 6.07 Å². The quantitative estimate of drug-likeness (QED) is 0.238. The molecule has 34 heavy (non-hydrogen) atoms. The number of amidine groups is 1. The minimum Gasteiger partial charge on any atom is -0.491 e. The van der Waals surface area contributed by atoms with Gasteiger partial charge in [0.25, 0.3) is 5.91 Å². The largest absolute Gasteiger partial charge is 0.491 e. The number of carboxylic acid groups (broad SMARTS) is 1. The van der Waals surface area contributed by atoms with Gasteiger partial charge >= 0.3 is 5.97 Å². The van der Waals surface area contributed by atoms with E-state index < -0.39 is 5.97 Å². The van der Waals surface area contributed by atoms with Crippen LogP contribution in [0.2, 0.25) is 0 Å². The lowest BCUT2D eigenvalue weighted by Crippen LogP contribution is -2.35.